The molecule has 0 aromatic heterocycles. The number of amides is 4. The van der Waals surface area contributed by atoms with Gasteiger partial charge in [0.1, 0.15) is 12.1 Å². The van der Waals surface area contributed by atoms with E-state index in [2.05, 4.69) is 15.5 Å². The Labute approximate surface area is 181 Å². The van der Waals surface area contributed by atoms with Crippen LogP contribution in [-0.4, -0.2) is 49.4 Å². The third-order valence-electron chi connectivity index (χ3n) is 5.36. The number of rotatable bonds is 8. The fraction of sp³-hybridized carbons (Fsp3) is 0.304. The molecule has 1 atom stereocenters. The second kappa shape index (κ2) is 9.30. The molecule has 1 fully saturated rings. The normalized spacial score (nSPS) is 17.8. The second-order valence-electron chi connectivity index (χ2n) is 7.60. The van der Waals surface area contributed by atoms with Gasteiger partial charge >= 0.3 is 6.03 Å². The number of nitriles is 1. The summed E-state index contributed by atoms with van der Waals surface area (Å²) in [6.07, 6.45) is 0.722. The topological polar surface area (TPSA) is 106 Å². The van der Waals surface area contributed by atoms with Gasteiger partial charge in [0, 0.05) is 25.8 Å². The van der Waals surface area contributed by atoms with E-state index in [-0.39, 0.29) is 6.54 Å². The zero-order chi connectivity index (χ0) is 22.4. The molecule has 0 bridgehead atoms. The molecular weight excluding hydrogens is 394 g/mol. The van der Waals surface area contributed by atoms with Gasteiger partial charge in [0.2, 0.25) is 5.91 Å². The average Bonchev–Trinajstić information content (AvgIpc) is 3.01. The average molecular weight is 419 g/mol. The Morgan fingerprint density at radius 2 is 1.84 bits per heavy atom. The lowest BCUT2D eigenvalue weighted by Gasteiger charge is -2.22. The molecule has 2 aromatic rings. The molecule has 0 saturated carbocycles. The molecule has 0 aliphatic carbocycles. The Morgan fingerprint density at radius 3 is 2.48 bits per heavy atom. The fourth-order valence-corrected chi connectivity index (χ4v) is 3.47. The number of imide groups is 1. The van der Waals surface area contributed by atoms with Gasteiger partial charge in [-0.15, -0.1) is 0 Å². The van der Waals surface area contributed by atoms with Crippen LogP contribution in [-0.2, 0) is 15.1 Å². The van der Waals surface area contributed by atoms with Crippen molar-refractivity contribution in [2.75, 3.05) is 31.6 Å². The summed E-state index contributed by atoms with van der Waals surface area (Å²) in [5, 5.41) is 14.3. The lowest BCUT2D eigenvalue weighted by molar-refractivity contribution is -0.134. The molecule has 31 heavy (non-hydrogen) atoms. The zero-order valence-corrected chi connectivity index (χ0v) is 17.6. The number of nitrogens with one attached hydrogen (secondary N) is 2. The second-order valence-corrected chi connectivity index (χ2v) is 7.60. The monoisotopic (exact) mass is 419 g/mol. The number of urea groups is 1. The van der Waals surface area contributed by atoms with E-state index in [0.717, 1.165) is 23.6 Å². The predicted octanol–water partition coefficient (Wildman–Crippen LogP) is 1.97. The zero-order valence-electron chi connectivity index (χ0n) is 17.6. The Kier molecular flexibility index (Phi) is 6.55. The molecule has 2 N–H and O–H groups in total. The third kappa shape index (κ3) is 4.83. The molecule has 160 valence electrons. The van der Waals surface area contributed by atoms with Crippen LogP contribution in [0, 0.1) is 11.3 Å². The first kappa shape index (κ1) is 21.8. The molecular formula is C23H25N5O3. The minimum absolute atomic E-state index is 0.342. The maximum absolute atomic E-state index is 12.9. The summed E-state index contributed by atoms with van der Waals surface area (Å²) >= 11 is 0. The number of carbonyl (C=O) groups is 3. The summed E-state index contributed by atoms with van der Waals surface area (Å²) in [5.74, 6) is -0.892. The molecule has 8 heteroatoms. The Balaban J connectivity index is 1.51. The summed E-state index contributed by atoms with van der Waals surface area (Å²) < 4.78 is 0. The summed E-state index contributed by atoms with van der Waals surface area (Å²) in [6.45, 7) is 2.44. The van der Waals surface area contributed by atoms with Gasteiger partial charge in [0.25, 0.3) is 5.91 Å². The number of para-hydroxylation sites is 1. The van der Waals surface area contributed by atoms with Gasteiger partial charge in [0.15, 0.2) is 0 Å². The molecule has 4 amide bonds. The number of nitrogens with zero attached hydrogens (tertiary/aromatic N) is 3. The Hall–Kier alpha value is -3.86. The Morgan fingerprint density at radius 1 is 1.16 bits per heavy atom. The molecule has 1 heterocycles. The van der Waals surface area contributed by atoms with Gasteiger partial charge in [0.05, 0.1) is 11.6 Å². The Bertz CT molecular complexity index is 1000. The first-order valence-electron chi connectivity index (χ1n) is 10.0. The summed E-state index contributed by atoms with van der Waals surface area (Å²) in [7, 11) is 1.98. The van der Waals surface area contributed by atoms with Crippen molar-refractivity contribution >= 4 is 23.5 Å². The molecule has 8 nitrogen and oxygen atoms in total. The van der Waals surface area contributed by atoms with E-state index in [9.17, 15) is 14.4 Å². The van der Waals surface area contributed by atoms with Crippen LogP contribution in [0.25, 0.3) is 0 Å². The van der Waals surface area contributed by atoms with Gasteiger partial charge in [-0.05, 0) is 43.2 Å². The van der Waals surface area contributed by atoms with E-state index in [4.69, 9.17) is 5.26 Å². The predicted molar refractivity (Wildman–Crippen MR) is 116 cm³/mol. The molecule has 0 spiro atoms. The molecule has 1 aliphatic rings. The van der Waals surface area contributed by atoms with Crippen molar-refractivity contribution < 1.29 is 14.4 Å². The fourth-order valence-electron chi connectivity index (χ4n) is 3.47. The van der Waals surface area contributed by atoms with E-state index in [1.807, 2.05) is 43.4 Å². The number of anilines is 1. The quantitative estimate of drug-likeness (QED) is 0.503. The van der Waals surface area contributed by atoms with Gasteiger partial charge in [-0.1, -0.05) is 30.3 Å². The highest BCUT2D eigenvalue weighted by Gasteiger charge is 2.49. The van der Waals surface area contributed by atoms with E-state index in [1.54, 1.807) is 31.2 Å². The van der Waals surface area contributed by atoms with Crippen molar-refractivity contribution in [3.05, 3.63) is 65.7 Å². The van der Waals surface area contributed by atoms with Crippen LogP contribution in [0.2, 0.25) is 0 Å². The van der Waals surface area contributed by atoms with E-state index in [0.29, 0.717) is 17.7 Å². The van der Waals surface area contributed by atoms with Crippen molar-refractivity contribution in [3.63, 3.8) is 0 Å². The highest BCUT2D eigenvalue weighted by Crippen LogP contribution is 2.28. The third-order valence-corrected chi connectivity index (χ3v) is 5.36. The summed E-state index contributed by atoms with van der Waals surface area (Å²) in [5.41, 5.74) is 0.828. The van der Waals surface area contributed by atoms with Crippen molar-refractivity contribution in [2.45, 2.75) is 18.9 Å². The highest BCUT2D eigenvalue weighted by atomic mass is 16.2. The smallest absolute Gasteiger partial charge is 0.325 e. The highest BCUT2D eigenvalue weighted by molar-refractivity contribution is 6.09. The lowest BCUT2D eigenvalue weighted by atomic mass is 9.91. The van der Waals surface area contributed by atoms with Crippen LogP contribution in [0.5, 0.6) is 0 Å². The molecule has 1 unspecified atom stereocenters. The van der Waals surface area contributed by atoms with Gasteiger partial charge in [-0.3, -0.25) is 14.5 Å². The number of carbonyl (C=O) groups excluding carboxylic acids is 3. The lowest BCUT2D eigenvalue weighted by Crippen LogP contribution is -2.43. The van der Waals surface area contributed by atoms with Crippen molar-refractivity contribution in [3.8, 4) is 6.07 Å². The molecule has 1 saturated heterocycles. The largest absolute Gasteiger partial charge is 0.375 e. The van der Waals surface area contributed by atoms with Crippen LogP contribution in [0.15, 0.2) is 54.6 Å². The minimum atomic E-state index is -1.27. The van der Waals surface area contributed by atoms with Gasteiger partial charge < -0.3 is 15.5 Å². The van der Waals surface area contributed by atoms with Crippen molar-refractivity contribution in [1.82, 2.24) is 15.5 Å². The number of hydrogen-bond donors (Lipinski definition) is 2. The summed E-state index contributed by atoms with van der Waals surface area (Å²) in [6, 6.07) is 17.8. The number of benzene rings is 2. The molecule has 1 aliphatic heterocycles. The molecule has 2 aromatic carbocycles. The summed E-state index contributed by atoms with van der Waals surface area (Å²) in [4.78, 5) is 40.6. The number of hydrogen-bond acceptors (Lipinski definition) is 5. The van der Waals surface area contributed by atoms with Crippen molar-refractivity contribution in [2.24, 2.45) is 0 Å². The van der Waals surface area contributed by atoms with Crippen LogP contribution >= 0.6 is 0 Å². The van der Waals surface area contributed by atoms with Crippen LogP contribution < -0.4 is 15.5 Å². The van der Waals surface area contributed by atoms with Crippen LogP contribution in [0.3, 0.4) is 0 Å². The van der Waals surface area contributed by atoms with Crippen molar-refractivity contribution in [1.29, 1.82) is 5.26 Å². The molecule has 3 rings (SSSR count). The standard InChI is InChI=1S/C23H25N5O3/c1-23(18-11-9-17(15-24)10-12-18)21(30)28(22(31)26-23)16-20(29)25-13-6-14-27(2)19-7-4-3-5-8-19/h3-5,7-12H,6,13-14,16H2,1-2H3,(H,25,29)(H,26,31). The van der Waals surface area contributed by atoms with Crippen LogP contribution in [0.4, 0.5) is 10.5 Å². The van der Waals surface area contributed by atoms with Crippen LogP contribution in [0.1, 0.15) is 24.5 Å². The van der Waals surface area contributed by atoms with E-state index in [1.165, 1.54) is 0 Å². The first-order chi connectivity index (χ1) is 14.8. The van der Waals surface area contributed by atoms with Gasteiger partial charge in [-0.25, -0.2) is 4.79 Å². The maximum Gasteiger partial charge on any atom is 0.325 e. The molecule has 0 radical (unpaired) electrons. The SMILES string of the molecule is CN(CCCNC(=O)CN1C(=O)NC(C)(c2ccc(C#N)cc2)C1=O)c1ccccc1. The maximum atomic E-state index is 12.9. The first-order valence-corrected chi connectivity index (χ1v) is 10.0. The van der Waals surface area contributed by atoms with E-state index < -0.39 is 23.4 Å². The van der Waals surface area contributed by atoms with E-state index >= 15 is 0 Å². The minimum Gasteiger partial charge on any atom is -0.375 e. The van der Waals surface area contributed by atoms with Gasteiger partial charge in [-0.2, -0.15) is 5.26 Å².